The molecular weight excluding hydrogens is 284 g/mol. The van der Waals surface area contributed by atoms with E-state index in [0.717, 1.165) is 0 Å². The molecule has 0 heterocycles. The van der Waals surface area contributed by atoms with Crippen molar-refractivity contribution in [2.75, 3.05) is 32.6 Å². The molecule has 0 radical (unpaired) electrons. The maximum atomic E-state index is 11.8. The van der Waals surface area contributed by atoms with Crippen LogP contribution in [0, 0.1) is 0 Å². The summed E-state index contributed by atoms with van der Waals surface area (Å²) in [5.41, 5.74) is 0.629. The van der Waals surface area contributed by atoms with Gasteiger partial charge in [-0.05, 0) is 26.0 Å². The largest absolute Gasteiger partial charge is 0.484 e. The fourth-order valence-corrected chi connectivity index (χ4v) is 1.55. The minimum Gasteiger partial charge on any atom is -0.484 e. The Morgan fingerprint density at radius 2 is 2.00 bits per heavy atom. The lowest BCUT2D eigenvalue weighted by atomic mass is 10.3. The SMILES string of the molecule is CC(C)OCCC(=O)Nc1cccc(OCC(=O)N(C)C)c1. The molecule has 0 saturated heterocycles. The van der Waals surface area contributed by atoms with Crippen molar-refractivity contribution in [3.8, 4) is 5.75 Å². The zero-order valence-electron chi connectivity index (χ0n) is 13.6. The van der Waals surface area contributed by atoms with Crippen LogP contribution in [0.2, 0.25) is 0 Å². The van der Waals surface area contributed by atoms with Gasteiger partial charge in [0, 0.05) is 25.8 Å². The van der Waals surface area contributed by atoms with Crippen molar-refractivity contribution in [1.82, 2.24) is 4.90 Å². The van der Waals surface area contributed by atoms with Crippen LogP contribution >= 0.6 is 0 Å². The number of carbonyl (C=O) groups excluding carboxylic acids is 2. The highest BCUT2D eigenvalue weighted by atomic mass is 16.5. The molecule has 0 atom stereocenters. The molecule has 0 aliphatic rings. The van der Waals surface area contributed by atoms with Crippen LogP contribution < -0.4 is 10.1 Å². The number of hydrogen-bond donors (Lipinski definition) is 1. The molecule has 2 amide bonds. The third kappa shape index (κ3) is 7.08. The lowest BCUT2D eigenvalue weighted by Gasteiger charge is -2.12. The van der Waals surface area contributed by atoms with Crippen molar-refractivity contribution >= 4 is 17.5 Å². The van der Waals surface area contributed by atoms with E-state index in [1.807, 2.05) is 13.8 Å². The monoisotopic (exact) mass is 308 g/mol. The lowest BCUT2D eigenvalue weighted by Crippen LogP contribution is -2.27. The second kappa shape index (κ2) is 9.04. The van der Waals surface area contributed by atoms with E-state index >= 15 is 0 Å². The van der Waals surface area contributed by atoms with Crippen molar-refractivity contribution in [1.29, 1.82) is 0 Å². The molecule has 1 rings (SSSR count). The molecule has 0 aliphatic carbocycles. The minimum atomic E-state index is -0.125. The molecule has 0 unspecified atom stereocenters. The third-order valence-electron chi connectivity index (χ3n) is 2.76. The van der Waals surface area contributed by atoms with Gasteiger partial charge in [0.2, 0.25) is 5.91 Å². The summed E-state index contributed by atoms with van der Waals surface area (Å²) in [5, 5.41) is 2.77. The molecule has 122 valence electrons. The number of amides is 2. The Bertz CT molecular complexity index is 501. The maximum absolute atomic E-state index is 11.8. The second-order valence-corrected chi connectivity index (χ2v) is 5.32. The molecule has 6 nitrogen and oxygen atoms in total. The smallest absolute Gasteiger partial charge is 0.259 e. The first-order chi connectivity index (χ1) is 10.4. The first-order valence-corrected chi connectivity index (χ1v) is 7.23. The Morgan fingerprint density at radius 1 is 1.27 bits per heavy atom. The van der Waals surface area contributed by atoms with E-state index in [4.69, 9.17) is 9.47 Å². The normalized spacial score (nSPS) is 10.4. The molecule has 0 bridgehead atoms. The van der Waals surface area contributed by atoms with Gasteiger partial charge in [0.05, 0.1) is 19.1 Å². The quantitative estimate of drug-likeness (QED) is 0.796. The van der Waals surface area contributed by atoms with E-state index in [-0.39, 0.29) is 24.5 Å². The molecule has 1 N–H and O–H groups in total. The number of ether oxygens (including phenoxy) is 2. The highest BCUT2D eigenvalue weighted by Gasteiger charge is 2.07. The summed E-state index contributed by atoms with van der Waals surface area (Å²) in [6, 6.07) is 6.95. The average molecular weight is 308 g/mol. The van der Waals surface area contributed by atoms with E-state index < -0.39 is 0 Å². The Labute approximate surface area is 131 Å². The summed E-state index contributed by atoms with van der Waals surface area (Å²) in [6.45, 7) is 4.20. The Balaban J connectivity index is 2.46. The Kier molecular flexibility index (Phi) is 7.39. The van der Waals surface area contributed by atoms with Gasteiger partial charge in [-0.25, -0.2) is 0 Å². The van der Waals surface area contributed by atoms with E-state index in [0.29, 0.717) is 24.5 Å². The Morgan fingerprint density at radius 3 is 2.64 bits per heavy atom. The summed E-state index contributed by atoms with van der Waals surface area (Å²) in [7, 11) is 3.34. The van der Waals surface area contributed by atoms with Gasteiger partial charge in [-0.2, -0.15) is 0 Å². The van der Waals surface area contributed by atoms with Crippen LogP contribution in [-0.2, 0) is 14.3 Å². The molecule has 6 heteroatoms. The van der Waals surface area contributed by atoms with Gasteiger partial charge in [-0.3, -0.25) is 9.59 Å². The van der Waals surface area contributed by atoms with Crippen molar-refractivity contribution in [2.24, 2.45) is 0 Å². The van der Waals surface area contributed by atoms with Gasteiger partial charge in [0.15, 0.2) is 6.61 Å². The van der Waals surface area contributed by atoms with Crippen LogP contribution in [0.3, 0.4) is 0 Å². The van der Waals surface area contributed by atoms with E-state index in [1.165, 1.54) is 4.90 Å². The standard InChI is InChI=1S/C16H24N2O4/c1-12(2)21-9-8-15(19)17-13-6-5-7-14(10-13)22-11-16(20)18(3)4/h5-7,10,12H,8-9,11H2,1-4H3,(H,17,19). The predicted octanol–water partition coefficient (Wildman–Crippen LogP) is 1.91. The number of rotatable bonds is 8. The highest BCUT2D eigenvalue weighted by Crippen LogP contribution is 2.17. The van der Waals surface area contributed by atoms with Gasteiger partial charge < -0.3 is 19.7 Å². The molecule has 0 saturated carbocycles. The average Bonchev–Trinajstić information content (AvgIpc) is 2.44. The van der Waals surface area contributed by atoms with E-state index in [1.54, 1.807) is 38.4 Å². The molecule has 0 spiro atoms. The number of likely N-dealkylation sites (N-methyl/N-ethyl adjacent to an activating group) is 1. The fourth-order valence-electron chi connectivity index (χ4n) is 1.55. The van der Waals surface area contributed by atoms with Gasteiger partial charge in [-0.15, -0.1) is 0 Å². The van der Waals surface area contributed by atoms with Crippen LogP contribution in [0.4, 0.5) is 5.69 Å². The summed E-state index contributed by atoms with van der Waals surface area (Å²) >= 11 is 0. The zero-order valence-corrected chi connectivity index (χ0v) is 13.6. The first-order valence-electron chi connectivity index (χ1n) is 7.23. The van der Waals surface area contributed by atoms with Crippen LogP contribution in [-0.4, -0.2) is 50.1 Å². The number of benzene rings is 1. The third-order valence-corrected chi connectivity index (χ3v) is 2.76. The predicted molar refractivity (Wildman–Crippen MR) is 85.0 cm³/mol. The number of nitrogens with one attached hydrogen (secondary N) is 1. The van der Waals surface area contributed by atoms with Crippen molar-refractivity contribution in [2.45, 2.75) is 26.4 Å². The molecule has 1 aromatic rings. The van der Waals surface area contributed by atoms with Crippen molar-refractivity contribution < 1.29 is 19.1 Å². The van der Waals surface area contributed by atoms with E-state index in [9.17, 15) is 9.59 Å². The summed E-state index contributed by atoms with van der Waals surface area (Å²) in [6.07, 6.45) is 0.404. The van der Waals surface area contributed by atoms with E-state index in [2.05, 4.69) is 5.32 Å². The lowest BCUT2D eigenvalue weighted by molar-refractivity contribution is -0.130. The molecular formula is C16H24N2O4. The van der Waals surface area contributed by atoms with Crippen LogP contribution in [0.1, 0.15) is 20.3 Å². The minimum absolute atomic E-state index is 0.0351. The zero-order chi connectivity index (χ0) is 16.5. The molecule has 0 aliphatic heterocycles. The maximum Gasteiger partial charge on any atom is 0.259 e. The molecule has 1 aromatic carbocycles. The van der Waals surface area contributed by atoms with Crippen LogP contribution in [0.25, 0.3) is 0 Å². The first kappa shape index (κ1) is 18.0. The summed E-state index contributed by atoms with van der Waals surface area (Å²) in [5.74, 6) is 0.286. The van der Waals surface area contributed by atoms with Gasteiger partial charge in [0.25, 0.3) is 5.91 Å². The van der Waals surface area contributed by atoms with Crippen LogP contribution in [0.5, 0.6) is 5.75 Å². The number of anilines is 1. The van der Waals surface area contributed by atoms with Crippen LogP contribution in [0.15, 0.2) is 24.3 Å². The van der Waals surface area contributed by atoms with Gasteiger partial charge in [0.1, 0.15) is 5.75 Å². The number of hydrogen-bond acceptors (Lipinski definition) is 4. The van der Waals surface area contributed by atoms with Crippen molar-refractivity contribution in [3.63, 3.8) is 0 Å². The Hall–Kier alpha value is -2.08. The van der Waals surface area contributed by atoms with Gasteiger partial charge >= 0.3 is 0 Å². The fraction of sp³-hybridized carbons (Fsp3) is 0.500. The summed E-state index contributed by atoms with van der Waals surface area (Å²) < 4.78 is 10.7. The number of nitrogens with zero attached hydrogens (tertiary/aromatic N) is 1. The molecule has 0 aromatic heterocycles. The summed E-state index contributed by atoms with van der Waals surface area (Å²) in [4.78, 5) is 24.7. The van der Waals surface area contributed by atoms with Crippen molar-refractivity contribution in [3.05, 3.63) is 24.3 Å². The topological polar surface area (TPSA) is 67.9 Å². The van der Waals surface area contributed by atoms with Gasteiger partial charge in [-0.1, -0.05) is 6.07 Å². The molecule has 0 fully saturated rings. The highest BCUT2D eigenvalue weighted by molar-refractivity contribution is 5.90. The molecule has 22 heavy (non-hydrogen) atoms. The number of carbonyl (C=O) groups is 2. The second-order valence-electron chi connectivity index (χ2n) is 5.32.